The van der Waals surface area contributed by atoms with E-state index in [-0.39, 0.29) is 11.7 Å². The molecule has 1 N–H and O–H groups in total. The van der Waals surface area contributed by atoms with Crippen molar-refractivity contribution in [2.24, 2.45) is 0 Å². The maximum Gasteiger partial charge on any atom is 0.216 e. The van der Waals surface area contributed by atoms with Gasteiger partial charge in [-0.05, 0) is 60.2 Å². The molecule has 25 heavy (non-hydrogen) atoms. The molecule has 0 radical (unpaired) electrons. The lowest BCUT2D eigenvalue weighted by Gasteiger charge is -2.17. The lowest BCUT2D eigenvalue weighted by atomic mass is 9.91. The van der Waals surface area contributed by atoms with Gasteiger partial charge in [-0.25, -0.2) is 0 Å². The fourth-order valence-electron chi connectivity index (χ4n) is 3.04. The van der Waals surface area contributed by atoms with Gasteiger partial charge in [0.15, 0.2) is 5.78 Å². The Labute approximate surface area is 152 Å². The van der Waals surface area contributed by atoms with Gasteiger partial charge in [0, 0.05) is 24.8 Å². The summed E-state index contributed by atoms with van der Waals surface area (Å²) in [4.78, 5) is 24.9. The third kappa shape index (κ3) is 4.10. The molecule has 1 heterocycles. The van der Waals surface area contributed by atoms with Crippen LogP contribution in [0.4, 0.5) is 0 Å². The van der Waals surface area contributed by atoms with Crippen LogP contribution in [0.1, 0.15) is 47.5 Å². The molecule has 2 aromatic rings. The first-order valence-corrected chi connectivity index (χ1v) is 9.56. The van der Waals surface area contributed by atoms with Gasteiger partial charge in [-0.3, -0.25) is 9.59 Å². The van der Waals surface area contributed by atoms with Crippen LogP contribution in [-0.4, -0.2) is 24.8 Å². The van der Waals surface area contributed by atoms with E-state index in [0.29, 0.717) is 19.6 Å². The molecule has 0 saturated carbocycles. The first-order chi connectivity index (χ1) is 12.1. The van der Waals surface area contributed by atoms with Crippen molar-refractivity contribution in [3.63, 3.8) is 0 Å². The Morgan fingerprint density at radius 1 is 1.20 bits per heavy atom. The van der Waals surface area contributed by atoms with E-state index >= 15 is 0 Å². The molecule has 0 fully saturated rings. The molecule has 0 spiro atoms. The monoisotopic (exact) mass is 357 g/mol. The van der Waals surface area contributed by atoms with Crippen LogP contribution in [0.15, 0.2) is 24.3 Å². The summed E-state index contributed by atoms with van der Waals surface area (Å²) in [5.74, 6) is 1.08. The molecule has 0 saturated heterocycles. The van der Waals surface area contributed by atoms with Gasteiger partial charge in [0.25, 0.3) is 0 Å². The molecule has 1 aliphatic carbocycles. The Kier molecular flexibility index (Phi) is 5.53. The molecule has 3 rings (SSSR count). The van der Waals surface area contributed by atoms with E-state index in [2.05, 4.69) is 23.5 Å². The van der Waals surface area contributed by atoms with Crippen LogP contribution in [0.3, 0.4) is 0 Å². The van der Waals surface area contributed by atoms with Crippen LogP contribution in [0.25, 0.3) is 10.4 Å². The summed E-state index contributed by atoms with van der Waals surface area (Å²) in [6.45, 7) is 4.64. The van der Waals surface area contributed by atoms with E-state index in [1.807, 2.05) is 13.0 Å². The predicted molar refractivity (Wildman–Crippen MR) is 101 cm³/mol. The Bertz CT molecular complexity index is 794. The zero-order valence-corrected chi connectivity index (χ0v) is 15.5. The number of hydrogen-bond donors (Lipinski definition) is 1. The number of nitrogens with one attached hydrogen (secondary N) is 1. The van der Waals surface area contributed by atoms with Crippen molar-refractivity contribution >= 4 is 23.0 Å². The molecular weight excluding hydrogens is 334 g/mol. The minimum atomic E-state index is -0.0125. The van der Waals surface area contributed by atoms with E-state index in [9.17, 15) is 9.59 Å². The van der Waals surface area contributed by atoms with Crippen molar-refractivity contribution in [3.05, 3.63) is 40.3 Å². The van der Waals surface area contributed by atoms with Crippen LogP contribution >= 0.6 is 11.3 Å². The van der Waals surface area contributed by atoms with Gasteiger partial charge in [0.1, 0.15) is 5.75 Å². The van der Waals surface area contributed by atoms with Gasteiger partial charge < -0.3 is 10.1 Å². The number of ether oxygens (including phenoxy) is 1. The fraction of sp³-hybridized carbons (Fsp3) is 0.400. The molecule has 5 heteroatoms. The normalized spacial score (nSPS) is 12.2. The van der Waals surface area contributed by atoms with E-state index < -0.39 is 0 Å². The first kappa shape index (κ1) is 17.7. The molecule has 0 atom stereocenters. The van der Waals surface area contributed by atoms with Gasteiger partial charge in [-0.1, -0.05) is 6.92 Å². The zero-order valence-electron chi connectivity index (χ0n) is 14.7. The number of benzene rings is 1. The summed E-state index contributed by atoms with van der Waals surface area (Å²) in [5, 5.41) is 2.76. The molecule has 0 bridgehead atoms. The highest BCUT2D eigenvalue weighted by molar-refractivity contribution is 7.17. The summed E-state index contributed by atoms with van der Waals surface area (Å²) < 4.78 is 5.80. The molecule has 1 amide bonds. The van der Waals surface area contributed by atoms with Gasteiger partial charge >= 0.3 is 0 Å². The number of rotatable bonds is 7. The Morgan fingerprint density at radius 2 is 2.00 bits per heavy atom. The third-order valence-corrected chi connectivity index (χ3v) is 5.61. The summed E-state index contributed by atoms with van der Waals surface area (Å²) in [6, 6.07) is 8.28. The van der Waals surface area contributed by atoms with Gasteiger partial charge in [0.2, 0.25) is 5.91 Å². The van der Waals surface area contributed by atoms with E-state index in [1.54, 1.807) is 11.3 Å². The molecule has 1 aromatic heterocycles. The number of thiophene rings is 1. The van der Waals surface area contributed by atoms with Gasteiger partial charge in [-0.15, -0.1) is 11.3 Å². The SMILES string of the molecule is CCC(=O)c1cc2c(s1)-c1ccc(OCCCNC(C)=O)cc1CC2. The highest BCUT2D eigenvalue weighted by atomic mass is 32.1. The number of Topliss-reactive ketones (excluding diaryl/α,β-unsaturated/α-hetero) is 1. The number of hydrogen-bond acceptors (Lipinski definition) is 4. The van der Waals surface area contributed by atoms with Gasteiger partial charge in [0.05, 0.1) is 11.5 Å². The number of carbonyl (C=O) groups excluding carboxylic acids is 2. The number of aryl methyl sites for hydroxylation is 2. The molecule has 4 nitrogen and oxygen atoms in total. The average Bonchev–Trinajstić information content (AvgIpc) is 3.05. The van der Waals surface area contributed by atoms with Gasteiger partial charge in [-0.2, -0.15) is 0 Å². The van der Waals surface area contributed by atoms with E-state index in [1.165, 1.54) is 28.5 Å². The van der Waals surface area contributed by atoms with Crippen molar-refractivity contribution in [1.29, 1.82) is 0 Å². The van der Waals surface area contributed by atoms with Crippen LogP contribution < -0.4 is 10.1 Å². The summed E-state index contributed by atoms with van der Waals surface area (Å²) in [7, 11) is 0. The molecular formula is C20H23NO3S. The maximum atomic E-state index is 12.0. The highest BCUT2D eigenvalue weighted by Gasteiger charge is 2.21. The maximum absolute atomic E-state index is 12.0. The van der Waals surface area contributed by atoms with Crippen molar-refractivity contribution in [3.8, 4) is 16.2 Å². The van der Waals surface area contributed by atoms with Crippen molar-refractivity contribution in [2.45, 2.75) is 39.5 Å². The Morgan fingerprint density at radius 3 is 2.76 bits per heavy atom. The number of fused-ring (bicyclic) bond motifs is 3. The molecule has 0 aliphatic heterocycles. The molecule has 132 valence electrons. The minimum Gasteiger partial charge on any atom is -0.494 e. The second-order valence-electron chi connectivity index (χ2n) is 6.25. The summed E-state index contributed by atoms with van der Waals surface area (Å²) in [6.07, 6.45) is 3.29. The lowest BCUT2D eigenvalue weighted by molar-refractivity contribution is -0.118. The Hall–Kier alpha value is -2.14. The van der Waals surface area contributed by atoms with E-state index in [4.69, 9.17) is 4.74 Å². The smallest absolute Gasteiger partial charge is 0.216 e. The number of amides is 1. The Balaban J connectivity index is 1.69. The van der Waals surface area contributed by atoms with Crippen molar-refractivity contribution in [2.75, 3.05) is 13.2 Å². The second-order valence-corrected chi connectivity index (χ2v) is 7.30. The third-order valence-electron chi connectivity index (χ3n) is 4.35. The average molecular weight is 357 g/mol. The standard InChI is InChI=1S/C20H23NO3S/c1-3-18(23)19-12-15-6-5-14-11-16(7-8-17(14)20(15)25-19)24-10-4-9-21-13(2)22/h7-8,11-12H,3-6,9-10H2,1-2H3,(H,21,22). The summed E-state index contributed by atoms with van der Waals surface area (Å²) >= 11 is 1.61. The van der Waals surface area contributed by atoms with E-state index in [0.717, 1.165) is 29.9 Å². The topological polar surface area (TPSA) is 55.4 Å². The quantitative estimate of drug-likeness (QED) is 0.602. The number of carbonyl (C=O) groups is 2. The highest BCUT2D eigenvalue weighted by Crippen LogP contribution is 2.41. The summed E-state index contributed by atoms with van der Waals surface area (Å²) in [5.41, 5.74) is 3.80. The predicted octanol–water partition coefficient (Wildman–Crippen LogP) is 4.01. The van der Waals surface area contributed by atoms with Crippen LogP contribution in [0, 0.1) is 0 Å². The second kappa shape index (κ2) is 7.83. The molecule has 1 aromatic carbocycles. The zero-order chi connectivity index (χ0) is 17.8. The largest absolute Gasteiger partial charge is 0.494 e. The van der Waals surface area contributed by atoms with Crippen LogP contribution in [0.2, 0.25) is 0 Å². The molecule has 0 unspecified atom stereocenters. The minimum absolute atomic E-state index is 0.0125. The van der Waals surface area contributed by atoms with Crippen LogP contribution in [0.5, 0.6) is 5.75 Å². The lowest BCUT2D eigenvalue weighted by Crippen LogP contribution is -2.22. The van der Waals surface area contributed by atoms with Crippen molar-refractivity contribution in [1.82, 2.24) is 5.32 Å². The van der Waals surface area contributed by atoms with Crippen molar-refractivity contribution < 1.29 is 14.3 Å². The van der Waals surface area contributed by atoms with Crippen LogP contribution in [-0.2, 0) is 17.6 Å². The number of ketones is 1. The fourth-order valence-corrected chi connectivity index (χ4v) is 4.32. The molecule has 1 aliphatic rings. The first-order valence-electron chi connectivity index (χ1n) is 8.75.